The first-order valence-electron chi connectivity index (χ1n) is 11.2. The molecule has 5 aromatic rings. The van der Waals surface area contributed by atoms with Gasteiger partial charge in [-0.25, -0.2) is 18.1 Å². The van der Waals surface area contributed by atoms with Crippen molar-refractivity contribution in [2.24, 2.45) is 0 Å². The lowest BCUT2D eigenvalue weighted by atomic mass is 10.1. The van der Waals surface area contributed by atoms with Gasteiger partial charge in [-0.2, -0.15) is 0 Å². The van der Waals surface area contributed by atoms with E-state index in [1.165, 1.54) is 23.5 Å². The monoisotopic (exact) mass is 552 g/mol. The first kappa shape index (κ1) is 25.0. The number of thiophene rings is 1. The standard InChI is InChI=1S/C26H21ClN4O4S2/c27-18-7-5-17(6-8-18)25-30-23-20(11-12-21(32)24(23)31-25)26(33)29-19-9-3-16(4-10-19)13-14-28-37(34,35)22-2-1-15-36-22/h1-12,15,28,32H,13-14H2,(H,29,33)(H,30,31). The molecule has 1 amide bonds. The number of sulfonamides is 1. The van der Waals surface area contributed by atoms with E-state index < -0.39 is 10.0 Å². The highest BCUT2D eigenvalue weighted by molar-refractivity contribution is 7.91. The minimum atomic E-state index is -3.50. The number of nitrogens with zero attached hydrogens (tertiary/aromatic N) is 1. The molecule has 0 radical (unpaired) electrons. The minimum Gasteiger partial charge on any atom is -0.506 e. The largest absolute Gasteiger partial charge is 0.506 e. The quantitative estimate of drug-likeness (QED) is 0.204. The van der Waals surface area contributed by atoms with Crippen molar-refractivity contribution in [3.63, 3.8) is 0 Å². The van der Waals surface area contributed by atoms with Crippen molar-refractivity contribution in [3.8, 4) is 17.1 Å². The Labute approximate surface area is 222 Å². The fraction of sp³-hybridized carbons (Fsp3) is 0.0769. The summed E-state index contributed by atoms with van der Waals surface area (Å²) in [5, 5.41) is 15.5. The third-order valence-corrected chi connectivity index (χ3v) is 8.77. The van der Waals surface area contributed by atoms with Gasteiger partial charge in [-0.3, -0.25) is 4.79 Å². The molecular weight excluding hydrogens is 532 g/mol. The number of carbonyl (C=O) groups is 1. The number of H-pyrrole nitrogens is 1. The van der Waals surface area contributed by atoms with E-state index in [4.69, 9.17) is 11.6 Å². The maximum absolute atomic E-state index is 13.1. The van der Waals surface area contributed by atoms with Crippen LogP contribution in [0.3, 0.4) is 0 Å². The molecule has 37 heavy (non-hydrogen) atoms. The van der Waals surface area contributed by atoms with Crippen LogP contribution in [0.5, 0.6) is 5.75 Å². The van der Waals surface area contributed by atoms with Gasteiger partial charge in [0, 0.05) is 22.8 Å². The van der Waals surface area contributed by atoms with Crippen LogP contribution in [-0.2, 0) is 16.4 Å². The van der Waals surface area contributed by atoms with Crippen LogP contribution in [0.15, 0.2) is 82.4 Å². The van der Waals surface area contributed by atoms with E-state index >= 15 is 0 Å². The van der Waals surface area contributed by atoms with Gasteiger partial charge in [0.2, 0.25) is 10.0 Å². The second-order valence-corrected chi connectivity index (χ2v) is 11.6. The number of carbonyl (C=O) groups excluding carboxylic acids is 1. The zero-order valence-electron chi connectivity index (χ0n) is 19.2. The highest BCUT2D eigenvalue weighted by atomic mass is 35.5. The molecule has 0 aliphatic rings. The highest BCUT2D eigenvalue weighted by Crippen LogP contribution is 2.30. The summed E-state index contributed by atoms with van der Waals surface area (Å²) in [5.74, 6) is 0.107. The fourth-order valence-corrected chi connectivity index (χ4v) is 5.97. The van der Waals surface area contributed by atoms with Crippen molar-refractivity contribution in [3.05, 3.63) is 94.3 Å². The summed E-state index contributed by atoms with van der Waals surface area (Å²) in [6.45, 7) is 0.256. The molecule has 0 saturated heterocycles. The third kappa shape index (κ3) is 5.52. The van der Waals surface area contributed by atoms with Crippen molar-refractivity contribution in [1.29, 1.82) is 0 Å². The Bertz CT molecular complexity index is 1660. The van der Waals surface area contributed by atoms with Gasteiger partial charge in [0.15, 0.2) is 0 Å². The Morgan fingerprint density at radius 2 is 1.78 bits per heavy atom. The molecule has 0 spiro atoms. The zero-order valence-corrected chi connectivity index (χ0v) is 21.6. The smallest absolute Gasteiger partial charge is 0.257 e. The summed E-state index contributed by atoms with van der Waals surface area (Å²) in [6, 6.07) is 20.5. The van der Waals surface area contributed by atoms with Crippen LogP contribution in [0, 0.1) is 0 Å². The van der Waals surface area contributed by atoms with Crippen LogP contribution in [0.25, 0.3) is 22.4 Å². The summed E-state index contributed by atoms with van der Waals surface area (Å²) in [4.78, 5) is 20.7. The number of fused-ring (bicyclic) bond motifs is 1. The average molecular weight is 553 g/mol. The van der Waals surface area contributed by atoms with E-state index in [9.17, 15) is 18.3 Å². The second-order valence-electron chi connectivity index (χ2n) is 8.18. The number of amides is 1. The third-order valence-electron chi connectivity index (χ3n) is 5.66. The predicted molar refractivity (Wildman–Crippen MR) is 146 cm³/mol. The number of aromatic hydroxyl groups is 1. The summed E-state index contributed by atoms with van der Waals surface area (Å²) in [7, 11) is -3.50. The molecule has 0 aliphatic carbocycles. The van der Waals surface area contributed by atoms with Crippen LogP contribution in [-0.4, -0.2) is 35.9 Å². The minimum absolute atomic E-state index is 0.0154. The number of rotatable bonds is 8. The molecule has 0 atom stereocenters. The Hall–Kier alpha value is -3.70. The summed E-state index contributed by atoms with van der Waals surface area (Å²) in [5.41, 5.74) is 3.26. The van der Waals surface area contributed by atoms with Crippen LogP contribution in [0.4, 0.5) is 5.69 Å². The molecule has 0 aliphatic heterocycles. The first-order chi connectivity index (χ1) is 17.8. The molecule has 11 heteroatoms. The number of benzene rings is 3. The van der Waals surface area contributed by atoms with E-state index in [0.717, 1.165) is 11.1 Å². The van der Waals surface area contributed by atoms with Crippen LogP contribution >= 0.6 is 22.9 Å². The lowest BCUT2D eigenvalue weighted by Crippen LogP contribution is -2.25. The van der Waals surface area contributed by atoms with Gasteiger partial charge in [0.1, 0.15) is 26.8 Å². The van der Waals surface area contributed by atoms with E-state index in [1.54, 1.807) is 53.9 Å². The van der Waals surface area contributed by atoms with Gasteiger partial charge < -0.3 is 15.4 Å². The molecule has 4 N–H and O–H groups in total. The number of hydrogen-bond acceptors (Lipinski definition) is 6. The number of phenolic OH excluding ortho intramolecular Hbond substituents is 1. The summed E-state index contributed by atoms with van der Waals surface area (Å²) >= 11 is 7.14. The maximum Gasteiger partial charge on any atom is 0.257 e. The molecule has 188 valence electrons. The summed E-state index contributed by atoms with van der Waals surface area (Å²) in [6.07, 6.45) is 0.498. The Kier molecular flexibility index (Phi) is 6.98. The van der Waals surface area contributed by atoms with Crippen molar-refractivity contribution in [2.75, 3.05) is 11.9 Å². The first-order valence-corrected chi connectivity index (χ1v) is 14.0. The Morgan fingerprint density at radius 3 is 2.49 bits per heavy atom. The molecule has 0 saturated carbocycles. The maximum atomic E-state index is 13.1. The Balaban J connectivity index is 1.27. The van der Waals surface area contributed by atoms with Gasteiger partial charge in [-0.15, -0.1) is 11.3 Å². The normalized spacial score (nSPS) is 11.6. The molecule has 2 heterocycles. The van der Waals surface area contributed by atoms with E-state index in [0.29, 0.717) is 39.6 Å². The van der Waals surface area contributed by atoms with E-state index in [1.807, 2.05) is 12.1 Å². The molecular formula is C26H21ClN4O4S2. The molecule has 0 bridgehead atoms. The van der Waals surface area contributed by atoms with Gasteiger partial charge in [0.05, 0.1) is 5.56 Å². The number of halogens is 1. The molecule has 8 nitrogen and oxygen atoms in total. The van der Waals surface area contributed by atoms with Crippen LogP contribution in [0.1, 0.15) is 15.9 Å². The van der Waals surface area contributed by atoms with E-state index in [2.05, 4.69) is 20.0 Å². The average Bonchev–Trinajstić information content (AvgIpc) is 3.57. The molecule has 2 aromatic heterocycles. The van der Waals surface area contributed by atoms with Crippen molar-refractivity contribution in [2.45, 2.75) is 10.6 Å². The van der Waals surface area contributed by atoms with Crippen LogP contribution < -0.4 is 10.0 Å². The Morgan fingerprint density at radius 1 is 1.03 bits per heavy atom. The fourth-order valence-electron chi connectivity index (χ4n) is 3.78. The van der Waals surface area contributed by atoms with E-state index in [-0.39, 0.29) is 22.4 Å². The highest BCUT2D eigenvalue weighted by Gasteiger charge is 2.18. The van der Waals surface area contributed by atoms with Crippen LogP contribution in [0.2, 0.25) is 5.02 Å². The number of phenols is 1. The van der Waals surface area contributed by atoms with Crippen molar-refractivity contribution in [1.82, 2.24) is 14.7 Å². The molecule has 0 fully saturated rings. The molecule has 0 unspecified atom stereocenters. The van der Waals surface area contributed by atoms with Gasteiger partial charge in [-0.05, 0) is 72.0 Å². The lowest BCUT2D eigenvalue weighted by molar-refractivity contribution is 0.102. The number of aromatic nitrogens is 2. The van der Waals surface area contributed by atoms with Crippen molar-refractivity contribution >= 4 is 55.6 Å². The predicted octanol–water partition coefficient (Wildman–Crippen LogP) is 5.42. The number of nitrogens with one attached hydrogen (secondary N) is 3. The van der Waals surface area contributed by atoms with Crippen molar-refractivity contribution < 1.29 is 18.3 Å². The number of anilines is 1. The lowest BCUT2D eigenvalue weighted by Gasteiger charge is -2.08. The van der Waals surface area contributed by atoms with Gasteiger partial charge in [-0.1, -0.05) is 29.8 Å². The zero-order chi connectivity index (χ0) is 26.0. The second kappa shape index (κ2) is 10.3. The SMILES string of the molecule is O=C(Nc1ccc(CCNS(=O)(=O)c2cccs2)cc1)c1ccc(O)c2[nH]c(-c3ccc(Cl)cc3)nc12. The van der Waals surface area contributed by atoms with Gasteiger partial charge in [0.25, 0.3) is 5.91 Å². The topological polar surface area (TPSA) is 124 Å². The molecule has 5 rings (SSSR count). The number of imidazole rings is 1. The number of hydrogen-bond donors (Lipinski definition) is 4. The van der Waals surface area contributed by atoms with Gasteiger partial charge >= 0.3 is 0 Å². The summed E-state index contributed by atoms with van der Waals surface area (Å²) < 4.78 is 27.3. The molecule has 3 aromatic carbocycles. The number of aromatic amines is 1.